The van der Waals surface area contributed by atoms with Crippen LogP contribution < -0.4 is 0 Å². The fourth-order valence-corrected chi connectivity index (χ4v) is 4.51. The van der Waals surface area contributed by atoms with E-state index in [4.69, 9.17) is 28.2 Å². The third kappa shape index (κ3) is 3.26. The Labute approximate surface area is 163 Å². The average molecular weight is 387 g/mol. The molecule has 2 aliphatic rings. The van der Waals surface area contributed by atoms with Crippen molar-refractivity contribution in [1.82, 2.24) is 9.88 Å². The monoisotopic (exact) mass is 386 g/mol. The van der Waals surface area contributed by atoms with E-state index in [9.17, 15) is 4.79 Å². The number of amides is 1. The summed E-state index contributed by atoms with van der Waals surface area (Å²) in [6, 6.07) is 9.94. The van der Waals surface area contributed by atoms with Crippen molar-refractivity contribution in [3.8, 4) is 0 Å². The van der Waals surface area contributed by atoms with Crippen LogP contribution in [0.5, 0.6) is 0 Å². The Morgan fingerprint density at radius 1 is 1.08 bits per heavy atom. The van der Waals surface area contributed by atoms with Crippen molar-refractivity contribution in [1.29, 1.82) is 0 Å². The number of piperidine rings is 1. The second-order valence-electron chi connectivity index (χ2n) is 7.04. The first kappa shape index (κ1) is 17.6. The van der Waals surface area contributed by atoms with E-state index in [1.54, 1.807) is 6.92 Å². The van der Waals surface area contributed by atoms with Gasteiger partial charge in [0.1, 0.15) is 5.15 Å². The molecule has 1 unspecified atom stereocenters. The Morgan fingerprint density at radius 2 is 1.81 bits per heavy atom. The third-order valence-electron chi connectivity index (χ3n) is 5.50. The highest BCUT2D eigenvalue weighted by molar-refractivity contribution is 6.30. The lowest BCUT2D eigenvalue weighted by atomic mass is 9.76. The van der Waals surface area contributed by atoms with Crippen molar-refractivity contribution >= 4 is 41.3 Å². The van der Waals surface area contributed by atoms with Crippen LogP contribution in [0.2, 0.25) is 10.2 Å². The second-order valence-corrected chi connectivity index (χ2v) is 7.86. The minimum absolute atomic E-state index is 0.153. The van der Waals surface area contributed by atoms with Gasteiger partial charge in [-0.3, -0.25) is 4.79 Å². The first-order valence-corrected chi connectivity index (χ1v) is 9.68. The highest BCUT2D eigenvalue weighted by atomic mass is 35.5. The number of aromatic nitrogens is 1. The molecule has 0 spiro atoms. The first-order valence-electron chi connectivity index (χ1n) is 8.92. The van der Waals surface area contributed by atoms with Gasteiger partial charge >= 0.3 is 0 Å². The normalized spacial score (nSPS) is 19.7. The van der Waals surface area contributed by atoms with E-state index in [0.717, 1.165) is 47.8 Å². The van der Waals surface area contributed by atoms with Gasteiger partial charge in [0.2, 0.25) is 5.91 Å². The minimum atomic E-state index is 0.153. The number of hydrogen-bond acceptors (Lipinski definition) is 2. The largest absolute Gasteiger partial charge is 0.343 e. The van der Waals surface area contributed by atoms with E-state index in [2.05, 4.69) is 18.2 Å². The van der Waals surface area contributed by atoms with Crippen LogP contribution in [0.1, 0.15) is 48.1 Å². The first-order chi connectivity index (χ1) is 12.5. The molecule has 1 aliphatic carbocycles. The zero-order valence-corrected chi connectivity index (χ0v) is 16.1. The van der Waals surface area contributed by atoms with Crippen LogP contribution in [0.4, 0.5) is 0 Å². The average Bonchev–Trinajstić information content (AvgIpc) is 2.78. The van der Waals surface area contributed by atoms with Crippen LogP contribution >= 0.6 is 23.2 Å². The van der Waals surface area contributed by atoms with Crippen LogP contribution in [0, 0.1) is 5.92 Å². The molecular formula is C21H20Cl2N2O. The van der Waals surface area contributed by atoms with Crippen LogP contribution in [-0.2, 0) is 4.79 Å². The summed E-state index contributed by atoms with van der Waals surface area (Å²) >= 11 is 12.5. The van der Waals surface area contributed by atoms with Crippen molar-refractivity contribution in [3.05, 3.63) is 62.9 Å². The molecule has 1 atom stereocenters. The molecule has 3 nitrogen and oxygen atoms in total. The molecule has 0 N–H and O–H groups in total. The van der Waals surface area contributed by atoms with Crippen LogP contribution in [0.3, 0.4) is 0 Å². The molecule has 5 heteroatoms. The number of fused-ring (bicyclic) bond motifs is 2. The maximum atomic E-state index is 11.7. The number of pyridine rings is 1. The lowest BCUT2D eigenvalue weighted by Gasteiger charge is -2.36. The van der Waals surface area contributed by atoms with Gasteiger partial charge in [-0.1, -0.05) is 47.5 Å². The topological polar surface area (TPSA) is 33.2 Å². The smallest absolute Gasteiger partial charge is 0.219 e. The SMILES string of the molecule is CC(=O)N1CCC(C2c3ccc(Cl)cc3C=Cc3ccc(Cl)nc32)CC1. The Bertz CT molecular complexity index is 886. The van der Waals surface area contributed by atoms with Gasteiger partial charge in [-0.25, -0.2) is 4.98 Å². The lowest BCUT2D eigenvalue weighted by Crippen LogP contribution is -2.38. The van der Waals surface area contributed by atoms with Crippen molar-refractivity contribution in [2.45, 2.75) is 25.7 Å². The van der Waals surface area contributed by atoms with E-state index < -0.39 is 0 Å². The maximum absolute atomic E-state index is 11.7. The molecule has 1 amide bonds. The highest BCUT2D eigenvalue weighted by Gasteiger charge is 2.33. The van der Waals surface area contributed by atoms with Crippen LogP contribution in [0.15, 0.2) is 30.3 Å². The number of likely N-dealkylation sites (tertiary alicyclic amines) is 1. The molecule has 0 bridgehead atoms. The van der Waals surface area contributed by atoms with Gasteiger partial charge in [0.05, 0.1) is 5.69 Å². The van der Waals surface area contributed by atoms with Gasteiger partial charge < -0.3 is 4.90 Å². The summed E-state index contributed by atoms with van der Waals surface area (Å²) < 4.78 is 0. The second kappa shape index (κ2) is 7.05. The number of rotatable bonds is 1. The van der Waals surface area contributed by atoms with Gasteiger partial charge in [0.25, 0.3) is 0 Å². The van der Waals surface area contributed by atoms with Crippen molar-refractivity contribution in [2.24, 2.45) is 5.92 Å². The quantitative estimate of drug-likeness (QED) is 0.625. The van der Waals surface area contributed by atoms with Gasteiger partial charge in [0, 0.05) is 31.0 Å². The standard InChI is InChI=1S/C21H20Cl2N2O/c1-13(26)25-10-8-14(9-11-25)20-18-6-5-17(22)12-16(18)3-2-15-4-7-19(23)24-21(15)20/h2-7,12,14,20H,8-11H2,1H3. The van der Waals surface area contributed by atoms with Gasteiger partial charge in [0.15, 0.2) is 0 Å². The molecule has 2 aromatic rings. The van der Waals surface area contributed by atoms with Crippen LogP contribution in [0.25, 0.3) is 12.2 Å². The van der Waals surface area contributed by atoms with E-state index in [0.29, 0.717) is 11.1 Å². The van der Waals surface area contributed by atoms with Crippen molar-refractivity contribution < 1.29 is 4.79 Å². The zero-order valence-electron chi connectivity index (χ0n) is 14.6. The van der Waals surface area contributed by atoms with E-state index in [-0.39, 0.29) is 11.8 Å². The lowest BCUT2D eigenvalue weighted by molar-refractivity contribution is -0.130. The number of carbonyl (C=O) groups excluding carboxylic acids is 1. The number of hydrogen-bond donors (Lipinski definition) is 0. The summed E-state index contributed by atoms with van der Waals surface area (Å²) in [5.74, 6) is 0.718. The summed E-state index contributed by atoms with van der Waals surface area (Å²) in [6.07, 6.45) is 6.12. The van der Waals surface area contributed by atoms with E-state index >= 15 is 0 Å². The Morgan fingerprint density at radius 3 is 2.54 bits per heavy atom. The van der Waals surface area contributed by atoms with Crippen molar-refractivity contribution in [2.75, 3.05) is 13.1 Å². The third-order valence-corrected chi connectivity index (χ3v) is 5.95. The number of halogens is 2. The van der Waals surface area contributed by atoms with Crippen molar-refractivity contribution in [3.63, 3.8) is 0 Å². The fraction of sp³-hybridized carbons (Fsp3) is 0.333. The molecule has 1 fully saturated rings. The zero-order chi connectivity index (χ0) is 18.3. The molecule has 2 heterocycles. The molecule has 1 aliphatic heterocycles. The molecule has 0 saturated carbocycles. The van der Waals surface area contributed by atoms with Gasteiger partial charge in [-0.15, -0.1) is 0 Å². The molecule has 4 rings (SSSR count). The molecular weight excluding hydrogens is 367 g/mol. The van der Waals surface area contributed by atoms with E-state index in [1.165, 1.54) is 5.56 Å². The Kier molecular flexibility index (Phi) is 4.76. The minimum Gasteiger partial charge on any atom is -0.343 e. The Hall–Kier alpha value is -1.84. The predicted octanol–water partition coefficient (Wildman–Crippen LogP) is 5.26. The highest BCUT2D eigenvalue weighted by Crippen LogP contribution is 2.43. The summed E-state index contributed by atoms with van der Waals surface area (Å²) in [4.78, 5) is 18.3. The summed E-state index contributed by atoms with van der Waals surface area (Å²) in [6.45, 7) is 3.23. The molecule has 0 radical (unpaired) electrons. The number of benzene rings is 1. The van der Waals surface area contributed by atoms with E-state index in [1.807, 2.05) is 29.2 Å². The Balaban J connectivity index is 1.79. The maximum Gasteiger partial charge on any atom is 0.219 e. The van der Waals surface area contributed by atoms with Crippen LogP contribution in [-0.4, -0.2) is 28.9 Å². The fourth-order valence-electron chi connectivity index (χ4n) is 4.18. The molecule has 1 saturated heterocycles. The molecule has 1 aromatic carbocycles. The number of carbonyl (C=O) groups is 1. The number of nitrogens with zero attached hydrogens (tertiary/aromatic N) is 2. The summed E-state index contributed by atoms with van der Waals surface area (Å²) in [5, 5.41) is 1.25. The van der Waals surface area contributed by atoms with Gasteiger partial charge in [-0.05, 0) is 53.6 Å². The predicted molar refractivity (Wildman–Crippen MR) is 106 cm³/mol. The molecule has 26 heavy (non-hydrogen) atoms. The molecule has 134 valence electrons. The summed E-state index contributed by atoms with van der Waals surface area (Å²) in [5.41, 5.74) is 4.49. The summed E-state index contributed by atoms with van der Waals surface area (Å²) in [7, 11) is 0. The van der Waals surface area contributed by atoms with Gasteiger partial charge in [-0.2, -0.15) is 0 Å². The molecule has 1 aromatic heterocycles.